The van der Waals surface area contributed by atoms with Crippen molar-refractivity contribution in [1.82, 2.24) is 15.1 Å². The molecule has 0 atom stereocenters. The molecule has 0 amide bonds. The van der Waals surface area contributed by atoms with E-state index in [2.05, 4.69) is 5.32 Å². The van der Waals surface area contributed by atoms with E-state index < -0.39 is 0 Å². The Morgan fingerprint density at radius 2 is 1.81 bits per heavy atom. The van der Waals surface area contributed by atoms with Crippen molar-refractivity contribution in [1.29, 1.82) is 0 Å². The number of rotatable bonds is 5. The molecular formula is C21H22ClN3O2. The van der Waals surface area contributed by atoms with Crippen molar-refractivity contribution in [2.24, 2.45) is 0 Å². The van der Waals surface area contributed by atoms with Crippen molar-refractivity contribution in [2.45, 2.75) is 18.9 Å². The summed E-state index contributed by atoms with van der Waals surface area (Å²) in [6, 6.07) is 17.5. The number of ether oxygens (including phenoxy) is 2. The van der Waals surface area contributed by atoms with Crippen molar-refractivity contribution in [3.63, 3.8) is 0 Å². The molecule has 0 unspecified atom stereocenters. The van der Waals surface area contributed by atoms with Gasteiger partial charge in [-0.05, 0) is 50.2 Å². The van der Waals surface area contributed by atoms with E-state index in [0.717, 1.165) is 48.6 Å². The highest BCUT2D eigenvalue weighted by Gasteiger charge is 2.19. The van der Waals surface area contributed by atoms with E-state index in [1.54, 1.807) is 7.11 Å². The molecule has 2 aromatic carbocycles. The maximum absolute atomic E-state index is 6.18. The monoisotopic (exact) mass is 383 g/mol. The molecule has 1 fully saturated rings. The highest BCUT2D eigenvalue weighted by atomic mass is 35.5. The molecule has 0 spiro atoms. The van der Waals surface area contributed by atoms with Crippen molar-refractivity contribution < 1.29 is 9.47 Å². The van der Waals surface area contributed by atoms with Crippen LogP contribution in [0.1, 0.15) is 12.8 Å². The number of hydrogen-bond acceptors (Lipinski definition) is 4. The van der Waals surface area contributed by atoms with Crippen LogP contribution >= 0.6 is 11.6 Å². The normalized spacial score (nSPS) is 14.9. The third-order valence-corrected chi connectivity index (χ3v) is 4.97. The van der Waals surface area contributed by atoms with Crippen molar-refractivity contribution in [3.8, 4) is 28.6 Å². The van der Waals surface area contributed by atoms with Crippen LogP contribution in [0.5, 0.6) is 11.6 Å². The van der Waals surface area contributed by atoms with Gasteiger partial charge in [0.25, 0.3) is 0 Å². The van der Waals surface area contributed by atoms with Crippen LogP contribution in [-0.4, -0.2) is 36.1 Å². The average Bonchev–Trinajstić information content (AvgIpc) is 3.12. The Hall–Kier alpha value is -2.50. The molecule has 1 saturated heterocycles. The van der Waals surface area contributed by atoms with Gasteiger partial charge in [0, 0.05) is 16.7 Å². The number of aromatic nitrogens is 2. The summed E-state index contributed by atoms with van der Waals surface area (Å²) in [6.07, 6.45) is 2.15. The fraction of sp³-hybridized carbons (Fsp3) is 0.286. The number of benzene rings is 2. The molecule has 1 aliphatic rings. The summed E-state index contributed by atoms with van der Waals surface area (Å²) in [7, 11) is 1.66. The first-order valence-electron chi connectivity index (χ1n) is 9.11. The quantitative estimate of drug-likeness (QED) is 0.712. The summed E-state index contributed by atoms with van der Waals surface area (Å²) >= 11 is 6.06. The van der Waals surface area contributed by atoms with E-state index in [9.17, 15) is 0 Å². The molecule has 4 rings (SSSR count). The summed E-state index contributed by atoms with van der Waals surface area (Å²) in [5, 5.41) is 8.80. The zero-order valence-corrected chi connectivity index (χ0v) is 15.9. The Balaban J connectivity index is 1.76. The third-order valence-electron chi connectivity index (χ3n) is 4.71. The molecule has 140 valence electrons. The van der Waals surface area contributed by atoms with Crippen LogP contribution in [0, 0.1) is 0 Å². The molecule has 1 N–H and O–H groups in total. The first-order valence-corrected chi connectivity index (χ1v) is 9.49. The van der Waals surface area contributed by atoms with Gasteiger partial charge < -0.3 is 14.8 Å². The van der Waals surface area contributed by atoms with Crippen LogP contribution in [0.25, 0.3) is 16.9 Å². The second-order valence-corrected chi connectivity index (χ2v) is 6.96. The zero-order valence-electron chi connectivity index (χ0n) is 15.2. The Kier molecular flexibility index (Phi) is 5.32. The SMILES string of the molecule is COc1ccccc1-n1nc(OC2CCNCC2)cc1-c1ccc(Cl)cc1. The minimum atomic E-state index is 0.185. The van der Waals surface area contributed by atoms with Gasteiger partial charge in [0.05, 0.1) is 12.8 Å². The largest absolute Gasteiger partial charge is 0.494 e. The number of methoxy groups -OCH3 is 1. The van der Waals surface area contributed by atoms with Crippen molar-refractivity contribution >= 4 is 11.6 Å². The fourth-order valence-electron chi connectivity index (χ4n) is 3.32. The summed E-state index contributed by atoms with van der Waals surface area (Å²) in [5.41, 5.74) is 2.81. The third kappa shape index (κ3) is 3.94. The standard InChI is InChI=1S/C21H22ClN3O2/c1-26-20-5-3-2-4-18(20)25-19(15-6-8-16(22)9-7-15)14-21(24-25)27-17-10-12-23-13-11-17/h2-9,14,17,23H,10-13H2,1H3. The van der Waals surface area contributed by atoms with E-state index in [-0.39, 0.29) is 6.10 Å². The number of piperidine rings is 1. The molecule has 2 heterocycles. The maximum Gasteiger partial charge on any atom is 0.234 e. The summed E-state index contributed by atoms with van der Waals surface area (Å²) in [6.45, 7) is 1.95. The molecule has 3 aromatic rings. The van der Waals surface area contributed by atoms with Crippen LogP contribution in [0.3, 0.4) is 0 Å². The molecule has 6 heteroatoms. The number of para-hydroxylation sites is 2. The zero-order chi connectivity index (χ0) is 18.6. The van der Waals surface area contributed by atoms with Crippen LogP contribution in [0.4, 0.5) is 0 Å². The molecule has 1 aromatic heterocycles. The number of nitrogens with zero attached hydrogens (tertiary/aromatic N) is 2. The lowest BCUT2D eigenvalue weighted by Gasteiger charge is -2.22. The highest BCUT2D eigenvalue weighted by molar-refractivity contribution is 6.30. The van der Waals surface area contributed by atoms with Gasteiger partial charge >= 0.3 is 0 Å². The van der Waals surface area contributed by atoms with E-state index in [1.807, 2.05) is 59.3 Å². The molecule has 0 saturated carbocycles. The Labute approximate surface area is 163 Å². The first-order chi connectivity index (χ1) is 13.2. The minimum absolute atomic E-state index is 0.185. The highest BCUT2D eigenvalue weighted by Crippen LogP contribution is 2.32. The van der Waals surface area contributed by atoms with Gasteiger partial charge in [-0.15, -0.1) is 5.10 Å². The molecule has 0 aliphatic carbocycles. The first kappa shape index (κ1) is 17.9. The fourth-order valence-corrected chi connectivity index (χ4v) is 3.44. The molecule has 5 nitrogen and oxygen atoms in total. The molecule has 27 heavy (non-hydrogen) atoms. The van der Waals surface area contributed by atoms with Crippen LogP contribution in [-0.2, 0) is 0 Å². The number of nitrogens with one attached hydrogen (secondary N) is 1. The smallest absolute Gasteiger partial charge is 0.234 e. The second-order valence-electron chi connectivity index (χ2n) is 6.53. The predicted molar refractivity (Wildman–Crippen MR) is 107 cm³/mol. The van der Waals surface area contributed by atoms with Gasteiger partial charge in [0.15, 0.2) is 0 Å². The summed E-state index contributed by atoms with van der Waals surface area (Å²) < 4.78 is 13.6. The van der Waals surface area contributed by atoms with Gasteiger partial charge in [0.2, 0.25) is 5.88 Å². The topological polar surface area (TPSA) is 48.3 Å². The summed E-state index contributed by atoms with van der Waals surface area (Å²) in [5.74, 6) is 1.38. The molecule has 0 bridgehead atoms. The molecular weight excluding hydrogens is 362 g/mol. The predicted octanol–water partition coefficient (Wildman–Crippen LogP) is 4.33. The van der Waals surface area contributed by atoms with Crippen LogP contribution in [0.15, 0.2) is 54.6 Å². The van der Waals surface area contributed by atoms with Gasteiger partial charge in [0.1, 0.15) is 17.5 Å². The number of hydrogen-bond donors (Lipinski definition) is 1. The Morgan fingerprint density at radius 1 is 1.07 bits per heavy atom. The van der Waals surface area contributed by atoms with Gasteiger partial charge in [-0.2, -0.15) is 0 Å². The van der Waals surface area contributed by atoms with E-state index in [4.69, 9.17) is 26.2 Å². The van der Waals surface area contributed by atoms with E-state index >= 15 is 0 Å². The maximum atomic E-state index is 6.18. The lowest BCUT2D eigenvalue weighted by molar-refractivity contribution is 0.155. The lowest BCUT2D eigenvalue weighted by Crippen LogP contribution is -2.34. The van der Waals surface area contributed by atoms with Gasteiger partial charge in [-0.25, -0.2) is 4.68 Å². The Morgan fingerprint density at radius 3 is 2.56 bits per heavy atom. The minimum Gasteiger partial charge on any atom is -0.494 e. The van der Waals surface area contributed by atoms with Gasteiger partial charge in [-0.3, -0.25) is 0 Å². The van der Waals surface area contributed by atoms with E-state index in [0.29, 0.717) is 10.9 Å². The van der Waals surface area contributed by atoms with Crippen molar-refractivity contribution in [3.05, 3.63) is 59.6 Å². The Bertz CT molecular complexity index is 902. The number of halogens is 1. The lowest BCUT2D eigenvalue weighted by atomic mass is 10.1. The van der Waals surface area contributed by atoms with Crippen LogP contribution in [0.2, 0.25) is 5.02 Å². The molecule has 0 radical (unpaired) electrons. The summed E-state index contributed by atoms with van der Waals surface area (Å²) in [4.78, 5) is 0. The molecule has 1 aliphatic heterocycles. The average molecular weight is 384 g/mol. The van der Waals surface area contributed by atoms with Crippen LogP contribution < -0.4 is 14.8 Å². The van der Waals surface area contributed by atoms with Gasteiger partial charge in [-0.1, -0.05) is 35.9 Å². The van der Waals surface area contributed by atoms with Crippen molar-refractivity contribution in [2.75, 3.05) is 20.2 Å². The van der Waals surface area contributed by atoms with E-state index in [1.165, 1.54) is 0 Å². The second kappa shape index (κ2) is 8.03.